The Morgan fingerprint density at radius 3 is 2.64 bits per heavy atom. The Labute approximate surface area is 142 Å². The minimum absolute atomic E-state index is 0.0635. The van der Waals surface area contributed by atoms with Gasteiger partial charge >= 0.3 is 12.0 Å². The van der Waals surface area contributed by atoms with Gasteiger partial charge in [-0.05, 0) is 30.3 Å². The second-order valence-corrected chi connectivity index (χ2v) is 5.15. The number of carbonyl (C=O) groups excluding carboxylic acids is 1. The summed E-state index contributed by atoms with van der Waals surface area (Å²) in [7, 11) is 0. The van der Waals surface area contributed by atoms with Gasteiger partial charge in [-0.1, -0.05) is 23.3 Å². The van der Waals surface area contributed by atoms with Crippen LogP contribution in [0.25, 0.3) is 11.5 Å². The molecule has 0 radical (unpaired) electrons. The summed E-state index contributed by atoms with van der Waals surface area (Å²) in [6, 6.07) is 13.4. The van der Waals surface area contributed by atoms with Crippen molar-refractivity contribution in [3.05, 3.63) is 54.1 Å². The number of para-hydroxylation sites is 1. The Balaban J connectivity index is 1.84. The lowest BCUT2D eigenvalue weighted by Gasteiger charge is -2.05. The van der Waals surface area contributed by atoms with Gasteiger partial charge in [-0.2, -0.15) is 0 Å². The van der Waals surface area contributed by atoms with Crippen LogP contribution in [-0.4, -0.2) is 27.2 Å². The topological polar surface area (TPSA) is 117 Å². The van der Waals surface area contributed by atoms with E-state index in [1.807, 2.05) is 0 Å². The van der Waals surface area contributed by atoms with Gasteiger partial charge < -0.3 is 20.2 Å². The van der Waals surface area contributed by atoms with Crippen molar-refractivity contribution in [3.8, 4) is 11.5 Å². The van der Waals surface area contributed by atoms with Crippen LogP contribution in [0.2, 0.25) is 0 Å². The quantitative estimate of drug-likeness (QED) is 0.654. The summed E-state index contributed by atoms with van der Waals surface area (Å²) in [5.74, 6) is -1.01. The van der Waals surface area contributed by atoms with E-state index in [-0.39, 0.29) is 23.4 Å². The van der Waals surface area contributed by atoms with Crippen LogP contribution < -0.4 is 10.6 Å². The number of hydrogen-bond donors (Lipinski definition) is 3. The van der Waals surface area contributed by atoms with Crippen molar-refractivity contribution in [3.63, 3.8) is 0 Å². The smallest absolute Gasteiger partial charge is 0.337 e. The summed E-state index contributed by atoms with van der Waals surface area (Å²) < 4.78 is 5.53. The zero-order valence-corrected chi connectivity index (χ0v) is 13.2. The fourth-order valence-electron chi connectivity index (χ4n) is 2.22. The largest absolute Gasteiger partial charge is 0.478 e. The van der Waals surface area contributed by atoms with E-state index in [4.69, 9.17) is 4.42 Å². The molecule has 8 heteroatoms. The Morgan fingerprint density at radius 2 is 1.88 bits per heavy atom. The molecule has 0 saturated heterocycles. The summed E-state index contributed by atoms with van der Waals surface area (Å²) in [6.45, 7) is 1.42. The average molecular weight is 338 g/mol. The summed E-state index contributed by atoms with van der Waals surface area (Å²) in [5.41, 5.74) is 1.67. The fourth-order valence-corrected chi connectivity index (χ4v) is 2.22. The Kier molecular flexibility index (Phi) is 4.42. The van der Waals surface area contributed by atoms with Gasteiger partial charge in [0.15, 0.2) is 0 Å². The number of aromatic carboxylic acids is 1. The van der Waals surface area contributed by atoms with E-state index in [2.05, 4.69) is 20.8 Å². The highest BCUT2D eigenvalue weighted by atomic mass is 16.4. The molecule has 0 atom stereocenters. The number of carboxylic acid groups (broad SMARTS) is 1. The Morgan fingerprint density at radius 1 is 1.08 bits per heavy atom. The molecule has 0 spiro atoms. The fraction of sp³-hybridized carbons (Fsp3) is 0.0588. The zero-order valence-electron chi connectivity index (χ0n) is 13.2. The molecule has 0 saturated carbocycles. The number of aromatic nitrogens is 2. The predicted octanol–water partition coefficient (Wildman–Crippen LogP) is 3.14. The second kappa shape index (κ2) is 6.83. The van der Waals surface area contributed by atoms with Crippen LogP contribution in [0, 0.1) is 0 Å². The summed E-state index contributed by atoms with van der Waals surface area (Å²) in [5, 5.41) is 22.5. The maximum atomic E-state index is 11.2. The molecule has 8 nitrogen and oxygen atoms in total. The SMILES string of the molecule is CC(=O)Nc1cccc(-c2nnc(Nc3ccccc3C(=O)O)o2)c1. The Hall–Kier alpha value is -3.68. The molecule has 1 amide bonds. The number of nitrogens with zero attached hydrogens (tertiary/aromatic N) is 2. The van der Waals surface area contributed by atoms with Crippen LogP contribution in [0.3, 0.4) is 0 Å². The molecule has 126 valence electrons. The molecular formula is C17H14N4O4. The highest BCUT2D eigenvalue weighted by molar-refractivity contribution is 5.94. The van der Waals surface area contributed by atoms with Crippen molar-refractivity contribution in [1.29, 1.82) is 0 Å². The van der Waals surface area contributed by atoms with Crippen LogP contribution in [0.1, 0.15) is 17.3 Å². The van der Waals surface area contributed by atoms with E-state index < -0.39 is 5.97 Å². The van der Waals surface area contributed by atoms with Gasteiger partial charge in [0.2, 0.25) is 11.8 Å². The van der Waals surface area contributed by atoms with Gasteiger partial charge in [0.1, 0.15) is 0 Å². The number of carbonyl (C=O) groups is 2. The molecule has 3 aromatic rings. The number of benzene rings is 2. The van der Waals surface area contributed by atoms with Gasteiger partial charge in [-0.25, -0.2) is 4.79 Å². The third-order valence-electron chi connectivity index (χ3n) is 3.25. The Bertz CT molecular complexity index is 936. The first-order chi connectivity index (χ1) is 12.0. The first-order valence-corrected chi connectivity index (χ1v) is 7.34. The third kappa shape index (κ3) is 3.81. The van der Waals surface area contributed by atoms with Gasteiger partial charge in [0.25, 0.3) is 0 Å². The van der Waals surface area contributed by atoms with Crippen molar-refractivity contribution >= 4 is 29.3 Å². The number of amides is 1. The molecule has 0 fully saturated rings. The number of hydrogen-bond acceptors (Lipinski definition) is 6. The molecule has 2 aromatic carbocycles. The van der Waals surface area contributed by atoms with Crippen LogP contribution >= 0.6 is 0 Å². The molecule has 0 aliphatic heterocycles. The highest BCUT2D eigenvalue weighted by Gasteiger charge is 2.13. The highest BCUT2D eigenvalue weighted by Crippen LogP contribution is 2.25. The minimum atomic E-state index is -1.06. The number of carboxylic acids is 1. The third-order valence-corrected chi connectivity index (χ3v) is 3.25. The van der Waals surface area contributed by atoms with Crippen LogP contribution in [-0.2, 0) is 4.79 Å². The molecule has 3 rings (SSSR count). The van der Waals surface area contributed by atoms with Crippen molar-refractivity contribution in [1.82, 2.24) is 10.2 Å². The van der Waals surface area contributed by atoms with E-state index >= 15 is 0 Å². The van der Waals surface area contributed by atoms with Gasteiger partial charge in [-0.15, -0.1) is 5.10 Å². The van der Waals surface area contributed by atoms with Crippen molar-refractivity contribution in [2.24, 2.45) is 0 Å². The van der Waals surface area contributed by atoms with Crippen molar-refractivity contribution < 1.29 is 19.1 Å². The second-order valence-electron chi connectivity index (χ2n) is 5.15. The predicted molar refractivity (Wildman–Crippen MR) is 90.7 cm³/mol. The summed E-state index contributed by atoms with van der Waals surface area (Å²) in [4.78, 5) is 22.4. The first-order valence-electron chi connectivity index (χ1n) is 7.34. The van der Waals surface area contributed by atoms with Crippen molar-refractivity contribution in [2.75, 3.05) is 10.6 Å². The molecule has 1 heterocycles. The summed E-state index contributed by atoms with van der Waals surface area (Å²) in [6.07, 6.45) is 0. The van der Waals surface area contributed by atoms with Crippen LogP contribution in [0.4, 0.5) is 17.4 Å². The standard InChI is InChI=1S/C17H14N4O4/c1-10(22)18-12-6-4-5-11(9-12)15-20-21-17(25-15)19-14-8-3-2-7-13(14)16(23)24/h2-9H,1H3,(H,18,22)(H,19,21)(H,23,24). The number of anilines is 3. The van der Waals surface area contributed by atoms with Crippen molar-refractivity contribution in [2.45, 2.75) is 6.92 Å². The van der Waals surface area contributed by atoms with Gasteiger partial charge in [-0.3, -0.25) is 4.79 Å². The van der Waals surface area contributed by atoms with E-state index in [1.54, 1.807) is 42.5 Å². The molecule has 0 aliphatic rings. The van der Waals surface area contributed by atoms with E-state index in [1.165, 1.54) is 13.0 Å². The molecule has 3 N–H and O–H groups in total. The van der Waals surface area contributed by atoms with E-state index in [0.29, 0.717) is 16.9 Å². The van der Waals surface area contributed by atoms with E-state index in [0.717, 1.165) is 0 Å². The lowest BCUT2D eigenvalue weighted by atomic mass is 10.2. The molecule has 0 aliphatic carbocycles. The normalized spacial score (nSPS) is 10.3. The van der Waals surface area contributed by atoms with E-state index in [9.17, 15) is 14.7 Å². The molecule has 0 bridgehead atoms. The lowest BCUT2D eigenvalue weighted by Crippen LogP contribution is -2.05. The maximum absolute atomic E-state index is 11.2. The summed E-state index contributed by atoms with van der Waals surface area (Å²) >= 11 is 0. The number of nitrogens with one attached hydrogen (secondary N) is 2. The maximum Gasteiger partial charge on any atom is 0.337 e. The van der Waals surface area contributed by atoms with Crippen LogP contribution in [0.5, 0.6) is 0 Å². The molecule has 1 aromatic heterocycles. The van der Waals surface area contributed by atoms with Gasteiger partial charge in [0, 0.05) is 18.2 Å². The number of rotatable bonds is 5. The lowest BCUT2D eigenvalue weighted by molar-refractivity contribution is -0.114. The average Bonchev–Trinajstić information content (AvgIpc) is 3.03. The molecule has 0 unspecified atom stereocenters. The minimum Gasteiger partial charge on any atom is -0.478 e. The monoisotopic (exact) mass is 338 g/mol. The first kappa shape index (κ1) is 16.2. The zero-order chi connectivity index (χ0) is 17.8. The van der Waals surface area contributed by atoms with Gasteiger partial charge in [0.05, 0.1) is 11.3 Å². The molecule has 25 heavy (non-hydrogen) atoms. The molecular weight excluding hydrogens is 324 g/mol. The van der Waals surface area contributed by atoms with Crippen LogP contribution in [0.15, 0.2) is 52.9 Å².